The van der Waals surface area contributed by atoms with E-state index in [0.29, 0.717) is 30.0 Å². The molecule has 35 heavy (non-hydrogen) atoms. The second kappa shape index (κ2) is 7.35. The van der Waals surface area contributed by atoms with E-state index in [1.165, 1.54) is 22.9 Å². The summed E-state index contributed by atoms with van der Waals surface area (Å²) in [6, 6.07) is 12.2. The largest absolute Gasteiger partial charge is 0.868 e. The minimum absolute atomic E-state index is 0.233. The first-order valence-corrected chi connectivity index (χ1v) is 12.6. The average molecular weight is 491 g/mol. The van der Waals surface area contributed by atoms with Crippen LogP contribution in [0.25, 0.3) is 11.3 Å². The van der Waals surface area contributed by atoms with Crippen molar-refractivity contribution in [1.29, 1.82) is 0 Å². The van der Waals surface area contributed by atoms with E-state index in [2.05, 4.69) is 5.43 Å². The van der Waals surface area contributed by atoms with Gasteiger partial charge in [-0.1, -0.05) is 18.2 Å². The van der Waals surface area contributed by atoms with Crippen LogP contribution in [-0.4, -0.2) is 40.4 Å². The summed E-state index contributed by atoms with van der Waals surface area (Å²) >= 11 is 1.64. The van der Waals surface area contributed by atoms with E-state index in [-0.39, 0.29) is 17.9 Å². The predicted molar refractivity (Wildman–Crippen MR) is 126 cm³/mol. The number of carbonyl (C=O) groups excluding carboxylic acids is 1. The highest BCUT2D eigenvalue weighted by Crippen LogP contribution is 2.44. The van der Waals surface area contributed by atoms with E-state index in [4.69, 9.17) is 4.74 Å². The van der Waals surface area contributed by atoms with Gasteiger partial charge in [-0.2, -0.15) is 0 Å². The standard InChI is InChI=1S/C26H22FN3O4S/c27-16-7-15-12-35-21-4-2-1-3-14(21)8-17(15)18(9-16)19-10-20(31)24(32)23-25(33)29-13-26(5-6-26)34-11-22(29)28-30(19)23/h1-4,7,9-10,22,28,32H,5-6,8,11-13H2/p-1/t22-/m0/s1. The van der Waals surface area contributed by atoms with Gasteiger partial charge in [-0.05, 0) is 59.9 Å². The molecule has 1 aliphatic carbocycles. The molecule has 1 atom stereocenters. The molecule has 0 radical (unpaired) electrons. The lowest BCUT2D eigenvalue weighted by atomic mass is 9.93. The molecular formula is C26H21FN3O4S-. The number of hydrogen-bond acceptors (Lipinski definition) is 6. The first-order valence-electron chi connectivity index (χ1n) is 11.6. The third kappa shape index (κ3) is 3.21. The minimum Gasteiger partial charge on any atom is -0.868 e. The van der Waals surface area contributed by atoms with Gasteiger partial charge in [0.2, 0.25) is 0 Å². The van der Waals surface area contributed by atoms with E-state index in [9.17, 15) is 19.1 Å². The van der Waals surface area contributed by atoms with Crippen molar-refractivity contribution in [3.8, 4) is 17.0 Å². The number of amides is 1. The van der Waals surface area contributed by atoms with Gasteiger partial charge >= 0.3 is 0 Å². The molecule has 1 saturated heterocycles. The molecule has 1 spiro atoms. The van der Waals surface area contributed by atoms with Crippen molar-refractivity contribution in [1.82, 2.24) is 9.58 Å². The normalized spacial score (nSPS) is 21.3. The van der Waals surface area contributed by atoms with Crippen molar-refractivity contribution in [3.05, 3.63) is 80.9 Å². The number of morpholine rings is 1. The van der Waals surface area contributed by atoms with Gasteiger partial charge in [0.1, 0.15) is 17.7 Å². The Hall–Kier alpha value is -3.30. The van der Waals surface area contributed by atoms with E-state index in [1.807, 2.05) is 24.3 Å². The van der Waals surface area contributed by atoms with Gasteiger partial charge in [0.25, 0.3) is 5.91 Å². The predicted octanol–water partition coefficient (Wildman–Crippen LogP) is 2.81. The number of aromatic nitrogens is 1. The Morgan fingerprint density at radius 3 is 2.80 bits per heavy atom. The Kier molecular flexibility index (Phi) is 4.41. The number of thioether (sulfide) groups is 1. The van der Waals surface area contributed by atoms with Crippen molar-refractivity contribution < 1.29 is 19.0 Å². The van der Waals surface area contributed by atoms with Crippen LogP contribution in [0.1, 0.15) is 40.0 Å². The van der Waals surface area contributed by atoms with Crippen molar-refractivity contribution >= 4 is 17.7 Å². The maximum absolute atomic E-state index is 14.9. The van der Waals surface area contributed by atoms with E-state index in [0.717, 1.165) is 34.4 Å². The van der Waals surface area contributed by atoms with Gasteiger partial charge in [0, 0.05) is 22.3 Å². The third-order valence-electron chi connectivity index (χ3n) is 7.41. The average Bonchev–Trinajstić information content (AvgIpc) is 3.63. The fourth-order valence-electron chi connectivity index (χ4n) is 5.37. The molecule has 7 nitrogen and oxygen atoms in total. The quantitative estimate of drug-likeness (QED) is 0.565. The molecule has 0 bridgehead atoms. The van der Waals surface area contributed by atoms with Crippen LogP contribution in [0.15, 0.2) is 52.2 Å². The minimum atomic E-state index is -0.857. The second-order valence-electron chi connectivity index (χ2n) is 9.64. The van der Waals surface area contributed by atoms with Crippen LogP contribution < -0.4 is 16.0 Å². The number of halogens is 1. The molecule has 178 valence electrons. The molecule has 4 heterocycles. The molecular weight excluding hydrogens is 469 g/mol. The van der Waals surface area contributed by atoms with Gasteiger partial charge < -0.3 is 20.2 Å². The van der Waals surface area contributed by atoms with Gasteiger partial charge in [0.15, 0.2) is 5.43 Å². The Morgan fingerprint density at radius 2 is 1.97 bits per heavy atom. The van der Waals surface area contributed by atoms with Crippen LogP contribution in [0.5, 0.6) is 5.75 Å². The molecule has 9 heteroatoms. The lowest BCUT2D eigenvalue weighted by molar-refractivity contribution is -0.271. The number of rotatable bonds is 1. The maximum Gasteiger partial charge on any atom is 0.273 e. The van der Waals surface area contributed by atoms with Gasteiger partial charge in [-0.15, -0.1) is 11.8 Å². The zero-order chi connectivity index (χ0) is 23.9. The number of ether oxygens (including phenoxy) is 1. The molecule has 1 N–H and O–H groups in total. The molecule has 1 saturated carbocycles. The molecule has 1 amide bonds. The first-order chi connectivity index (χ1) is 16.9. The zero-order valence-electron chi connectivity index (χ0n) is 18.7. The highest BCUT2D eigenvalue weighted by atomic mass is 32.2. The molecule has 2 fully saturated rings. The van der Waals surface area contributed by atoms with Gasteiger partial charge in [-0.25, -0.2) is 4.39 Å². The van der Waals surface area contributed by atoms with Gasteiger partial charge in [0.05, 0.1) is 24.4 Å². The number of fused-ring (bicyclic) bond motifs is 4. The summed E-state index contributed by atoms with van der Waals surface area (Å²) in [5.41, 5.74) is 5.50. The summed E-state index contributed by atoms with van der Waals surface area (Å²) in [6.07, 6.45) is 1.81. The maximum atomic E-state index is 14.9. The van der Waals surface area contributed by atoms with Crippen LogP contribution in [-0.2, 0) is 16.9 Å². The number of carbonyl (C=O) groups is 1. The molecule has 3 aliphatic heterocycles. The van der Waals surface area contributed by atoms with Crippen LogP contribution in [0.2, 0.25) is 0 Å². The Balaban J connectivity index is 1.42. The molecule has 0 unspecified atom stereocenters. The number of benzene rings is 2. The molecule has 3 aromatic rings. The van der Waals surface area contributed by atoms with Crippen LogP contribution in [0, 0.1) is 5.82 Å². The van der Waals surface area contributed by atoms with Crippen LogP contribution in [0.4, 0.5) is 4.39 Å². The molecule has 4 aliphatic rings. The highest BCUT2D eigenvalue weighted by Gasteiger charge is 2.52. The lowest BCUT2D eigenvalue weighted by Crippen LogP contribution is -2.62. The summed E-state index contributed by atoms with van der Waals surface area (Å²) in [4.78, 5) is 29.0. The lowest BCUT2D eigenvalue weighted by Gasteiger charge is -2.45. The Labute approximate surface area is 204 Å². The van der Waals surface area contributed by atoms with Crippen molar-refractivity contribution in [2.45, 2.75) is 41.7 Å². The third-order valence-corrected chi connectivity index (χ3v) is 8.57. The number of pyridine rings is 1. The van der Waals surface area contributed by atoms with Crippen molar-refractivity contribution in [2.75, 3.05) is 18.6 Å². The molecule has 7 rings (SSSR count). The topological polar surface area (TPSA) is 86.6 Å². The van der Waals surface area contributed by atoms with Crippen molar-refractivity contribution in [2.24, 2.45) is 0 Å². The SMILES string of the molecule is O=C1c2c([O-])c(=O)cc(-c3cc(F)cc4c3Cc3ccccc3SC4)n2N[C@@H]2COC3(CC3)CN12. The molecule has 1 aromatic heterocycles. The van der Waals surface area contributed by atoms with Crippen LogP contribution in [0.3, 0.4) is 0 Å². The van der Waals surface area contributed by atoms with E-state index >= 15 is 0 Å². The monoisotopic (exact) mass is 490 g/mol. The summed E-state index contributed by atoms with van der Waals surface area (Å²) in [6.45, 7) is 0.654. The van der Waals surface area contributed by atoms with Crippen molar-refractivity contribution in [3.63, 3.8) is 0 Å². The smallest absolute Gasteiger partial charge is 0.273 e. The molecule has 2 aromatic carbocycles. The fraction of sp³-hybridized carbons (Fsp3) is 0.308. The van der Waals surface area contributed by atoms with E-state index < -0.39 is 29.1 Å². The number of nitrogens with zero attached hydrogens (tertiary/aromatic N) is 2. The Bertz CT molecular complexity index is 1480. The second-order valence-corrected chi connectivity index (χ2v) is 10.7. The first kappa shape index (κ1) is 21.0. The zero-order valence-corrected chi connectivity index (χ0v) is 19.5. The van der Waals surface area contributed by atoms with Gasteiger partial charge in [-0.3, -0.25) is 14.3 Å². The highest BCUT2D eigenvalue weighted by molar-refractivity contribution is 7.98. The summed E-state index contributed by atoms with van der Waals surface area (Å²) in [7, 11) is 0. The summed E-state index contributed by atoms with van der Waals surface area (Å²) in [5, 5.41) is 12.9. The number of nitrogens with one attached hydrogen (secondary N) is 1. The van der Waals surface area contributed by atoms with E-state index in [1.54, 1.807) is 16.7 Å². The van der Waals surface area contributed by atoms with Crippen LogP contribution >= 0.6 is 11.8 Å². The summed E-state index contributed by atoms with van der Waals surface area (Å²) in [5.74, 6) is -1.20. The Morgan fingerprint density at radius 1 is 1.14 bits per heavy atom. The summed E-state index contributed by atoms with van der Waals surface area (Å²) < 4.78 is 22.3. The fourth-order valence-corrected chi connectivity index (χ4v) is 6.44. The number of hydrogen-bond donors (Lipinski definition) is 1.